The molecule has 8 nitrogen and oxygen atoms in total. The third-order valence-electron chi connectivity index (χ3n) is 4.49. The Morgan fingerprint density at radius 2 is 2.04 bits per heavy atom. The molecule has 1 aliphatic heterocycles. The highest BCUT2D eigenvalue weighted by atomic mass is 16.5. The van der Waals surface area contributed by atoms with Crippen LogP contribution in [-0.2, 0) is 9.59 Å². The maximum Gasteiger partial charge on any atom is 0.265 e. The number of hydrogen-bond donors (Lipinski definition) is 1. The highest BCUT2D eigenvalue weighted by Crippen LogP contribution is 2.34. The molecule has 0 saturated carbocycles. The Bertz CT molecular complexity index is 881. The summed E-state index contributed by atoms with van der Waals surface area (Å²) in [4.78, 5) is 44.2. The smallest absolute Gasteiger partial charge is 0.265 e. The number of carbonyl (C=O) groups is 3. The van der Waals surface area contributed by atoms with Crippen molar-refractivity contribution < 1.29 is 19.1 Å². The normalized spacial score (nSPS) is 12.8. The summed E-state index contributed by atoms with van der Waals surface area (Å²) in [5, 5.41) is 2.77. The average Bonchev–Trinajstić information content (AvgIpc) is 2.72. The summed E-state index contributed by atoms with van der Waals surface area (Å²) in [6.07, 6.45) is 3.05. The van der Waals surface area contributed by atoms with Crippen molar-refractivity contribution in [2.45, 2.75) is 13.8 Å². The summed E-state index contributed by atoms with van der Waals surface area (Å²) >= 11 is 0. The third-order valence-corrected chi connectivity index (χ3v) is 4.49. The number of rotatable bonds is 6. The molecule has 146 valence electrons. The molecule has 8 heteroatoms. The number of nitrogens with one attached hydrogen (secondary N) is 1. The first kappa shape index (κ1) is 19.3. The predicted molar refractivity (Wildman–Crippen MR) is 104 cm³/mol. The van der Waals surface area contributed by atoms with E-state index in [-0.39, 0.29) is 30.9 Å². The van der Waals surface area contributed by atoms with E-state index in [1.165, 1.54) is 11.1 Å². The quantitative estimate of drug-likeness (QED) is 0.824. The predicted octanol–water partition coefficient (Wildman–Crippen LogP) is 1.93. The molecule has 2 aromatic rings. The van der Waals surface area contributed by atoms with E-state index in [2.05, 4.69) is 10.3 Å². The molecule has 0 saturated heterocycles. The molecule has 0 atom stereocenters. The van der Waals surface area contributed by atoms with Crippen LogP contribution in [0.4, 0.5) is 11.4 Å². The lowest BCUT2D eigenvalue weighted by Gasteiger charge is -2.31. The second kappa shape index (κ2) is 8.51. The van der Waals surface area contributed by atoms with Crippen molar-refractivity contribution in [2.24, 2.45) is 0 Å². The second-order valence-corrected chi connectivity index (χ2v) is 6.21. The molecule has 3 amide bonds. The summed E-state index contributed by atoms with van der Waals surface area (Å²) in [5.74, 6) is -0.270. The summed E-state index contributed by atoms with van der Waals surface area (Å²) in [5.41, 5.74) is 1.37. The number of hydrogen-bond acceptors (Lipinski definition) is 5. The number of aromatic nitrogens is 1. The average molecular weight is 382 g/mol. The first-order chi connectivity index (χ1) is 13.5. The molecule has 2 heterocycles. The molecular weight excluding hydrogens is 360 g/mol. The van der Waals surface area contributed by atoms with Gasteiger partial charge in [0, 0.05) is 31.2 Å². The van der Waals surface area contributed by atoms with Gasteiger partial charge in [-0.1, -0.05) is 0 Å². The Labute approximate surface area is 163 Å². The molecule has 0 unspecified atom stereocenters. The van der Waals surface area contributed by atoms with Gasteiger partial charge in [0.1, 0.15) is 12.3 Å². The van der Waals surface area contributed by atoms with Gasteiger partial charge >= 0.3 is 0 Å². The highest BCUT2D eigenvalue weighted by Gasteiger charge is 2.29. The lowest BCUT2D eigenvalue weighted by molar-refractivity contribution is -0.131. The Hall–Kier alpha value is -3.42. The van der Waals surface area contributed by atoms with Crippen LogP contribution >= 0.6 is 0 Å². The fraction of sp³-hybridized carbons (Fsp3) is 0.300. The van der Waals surface area contributed by atoms with Crippen LogP contribution in [0.1, 0.15) is 24.2 Å². The highest BCUT2D eigenvalue weighted by molar-refractivity contribution is 6.06. The van der Waals surface area contributed by atoms with Crippen LogP contribution in [0.5, 0.6) is 5.75 Å². The van der Waals surface area contributed by atoms with E-state index in [1.54, 1.807) is 41.4 Å². The van der Waals surface area contributed by atoms with Gasteiger partial charge in [-0.3, -0.25) is 24.3 Å². The number of carbonyl (C=O) groups excluding carboxylic acids is 3. The molecule has 1 N–H and O–H groups in total. The molecule has 28 heavy (non-hydrogen) atoms. The zero-order chi connectivity index (χ0) is 20.1. The van der Waals surface area contributed by atoms with Crippen LogP contribution in [0.15, 0.2) is 42.7 Å². The Kier molecular flexibility index (Phi) is 5.88. The first-order valence-corrected chi connectivity index (χ1v) is 9.09. The van der Waals surface area contributed by atoms with Gasteiger partial charge in [-0.15, -0.1) is 0 Å². The van der Waals surface area contributed by atoms with Gasteiger partial charge in [0.2, 0.25) is 5.91 Å². The van der Waals surface area contributed by atoms with E-state index in [0.717, 1.165) is 0 Å². The zero-order valence-electron chi connectivity index (χ0n) is 15.8. The molecule has 0 radical (unpaired) electrons. The van der Waals surface area contributed by atoms with E-state index >= 15 is 0 Å². The zero-order valence-corrected chi connectivity index (χ0v) is 15.8. The number of ether oxygens (including phenoxy) is 1. The molecular formula is C20H22N4O4. The van der Waals surface area contributed by atoms with Crippen LogP contribution in [0.2, 0.25) is 0 Å². The van der Waals surface area contributed by atoms with E-state index in [0.29, 0.717) is 35.8 Å². The second-order valence-electron chi connectivity index (χ2n) is 6.21. The lowest BCUT2D eigenvalue weighted by atomic mass is 10.2. The van der Waals surface area contributed by atoms with Crippen LogP contribution in [0.25, 0.3) is 0 Å². The summed E-state index contributed by atoms with van der Waals surface area (Å²) in [6.45, 7) is 4.73. The van der Waals surface area contributed by atoms with E-state index in [4.69, 9.17) is 4.74 Å². The first-order valence-electron chi connectivity index (χ1n) is 9.09. The largest absolute Gasteiger partial charge is 0.482 e. The van der Waals surface area contributed by atoms with E-state index in [1.807, 2.05) is 13.8 Å². The van der Waals surface area contributed by atoms with Crippen molar-refractivity contribution in [1.29, 1.82) is 0 Å². The topological polar surface area (TPSA) is 91.8 Å². The van der Waals surface area contributed by atoms with Crippen LogP contribution in [0, 0.1) is 0 Å². The van der Waals surface area contributed by atoms with Crippen molar-refractivity contribution in [1.82, 2.24) is 9.88 Å². The molecule has 1 aromatic heterocycles. The SMILES string of the molecule is CCN(CC)C(=O)CN1C(=O)COc2ccc(NC(=O)c3cccnc3)cc21. The van der Waals surface area contributed by atoms with Crippen molar-refractivity contribution in [2.75, 3.05) is 36.5 Å². The molecule has 1 aromatic carbocycles. The van der Waals surface area contributed by atoms with Gasteiger partial charge < -0.3 is 15.0 Å². The van der Waals surface area contributed by atoms with Crippen molar-refractivity contribution in [3.63, 3.8) is 0 Å². The van der Waals surface area contributed by atoms with Crippen LogP contribution in [0.3, 0.4) is 0 Å². The number of amides is 3. The maximum atomic E-state index is 12.5. The van der Waals surface area contributed by atoms with Gasteiger partial charge in [0.15, 0.2) is 6.61 Å². The minimum absolute atomic E-state index is 0.0725. The standard InChI is InChI=1S/C20H22N4O4/c1-3-23(4-2)18(25)12-24-16-10-15(7-8-17(16)28-13-19(24)26)22-20(27)14-6-5-9-21-11-14/h5-11H,3-4,12-13H2,1-2H3,(H,22,27). The Balaban J connectivity index is 1.83. The van der Waals surface area contributed by atoms with E-state index in [9.17, 15) is 14.4 Å². The van der Waals surface area contributed by atoms with Gasteiger partial charge in [-0.2, -0.15) is 0 Å². The minimum atomic E-state index is -0.318. The summed E-state index contributed by atoms with van der Waals surface area (Å²) in [6, 6.07) is 8.33. The maximum absolute atomic E-state index is 12.5. The lowest BCUT2D eigenvalue weighted by Crippen LogP contribution is -2.46. The van der Waals surface area contributed by atoms with Crippen molar-refractivity contribution in [3.05, 3.63) is 48.3 Å². The summed E-state index contributed by atoms with van der Waals surface area (Å²) in [7, 11) is 0. The Morgan fingerprint density at radius 1 is 1.25 bits per heavy atom. The van der Waals surface area contributed by atoms with Crippen molar-refractivity contribution >= 4 is 29.1 Å². The van der Waals surface area contributed by atoms with E-state index < -0.39 is 0 Å². The van der Waals surface area contributed by atoms with Crippen molar-refractivity contribution in [3.8, 4) is 5.75 Å². The fourth-order valence-corrected chi connectivity index (χ4v) is 2.97. The number of pyridine rings is 1. The van der Waals surface area contributed by atoms with Crippen LogP contribution in [-0.4, -0.2) is 53.8 Å². The summed E-state index contributed by atoms with van der Waals surface area (Å²) < 4.78 is 5.47. The minimum Gasteiger partial charge on any atom is -0.482 e. The van der Waals surface area contributed by atoms with Crippen LogP contribution < -0.4 is 15.0 Å². The number of nitrogens with zero attached hydrogens (tertiary/aromatic N) is 3. The molecule has 0 fully saturated rings. The van der Waals surface area contributed by atoms with Gasteiger partial charge in [0.25, 0.3) is 11.8 Å². The van der Waals surface area contributed by atoms with Gasteiger partial charge in [-0.05, 0) is 44.2 Å². The molecule has 1 aliphatic rings. The molecule has 3 rings (SSSR count). The molecule has 0 aliphatic carbocycles. The monoisotopic (exact) mass is 382 g/mol. The number of benzene rings is 1. The van der Waals surface area contributed by atoms with Gasteiger partial charge in [-0.25, -0.2) is 0 Å². The third kappa shape index (κ3) is 4.11. The number of fused-ring (bicyclic) bond motifs is 1. The van der Waals surface area contributed by atoms with Gasteiger partial charge in [0.05, 0.1) is 11.3 Å². The molecule has 0 bridgehead atoms. The number of likely N-dealkylation sites (N-methyl/N-ethyl adjacent to an activating group) is 1. The number of anilines is 2. The fourth-order valence-electron chi connectivity index (χ4n) is 2.97. The molecule has 0 spiro atoms. The Morgan fingerprint density at radius 3 is 2.71 bits per heavy atom.